The van der Waals surface area contributed by atoms with E-state index in [0.717, 1.165) is 25.7 Å². The first-order valence-electron chi connectivity index (χ1n) is 10.4. The Labute approximate surface area is 181 Å². The third-order valence-electron chi connectivity index (χ3n) is 6.06. The highest BCUT2D eigenvalue weighted by Gasteiger charge is 2.35. The molecule has 0 radical (unpaired) electrons. The molecule has 8 nitrogen and oxygen atoms in total. The predicted molar refractivity (Wildman–Crippen MR) is 112 cm³/mol. The van der Waals surface area contributed by atoms with E-state index in [2.05, 4.69) is 10.6 Å². The van der Waals surface area contributed by atoms with Crippen molar-refractivity contribution in [3.63, 3.8) is 0 Å². The number of halogens is 1. The summed E-state index contributed by atoms with van der Waals surface area (Å²) in [5.74, 6) is -0.173. The van der Waals surface area contributed by atoms with Crippen LogP contribution in [0.25, 0.3) is 0 Å². The van der Waals surface area contributed by atoms with Gasteiger partial charge in [-0.25, -0.2) is 8.42 Å². The summed E-state index contributed by atoms with van der Waals surface area (Å²) in [6.07, 6.45) is 6.54. The molecule has 1 aromatic rings. The number of hydrogen-bond donors (Lipinski definition) is 2. The molecule has 1 saturated carbocycles. The average Bonchev–Trinajstić information content (AvgIpc) is 2.74. The first-order valence-corrected chi connectivity index (χ1v) is 12.2. The fourth-order valence-corrected chi connectivity index (χ4v) is 6.33. The van der Waals surface area contributed by atoms with Crippen LogP contribution in [0.5, 0.6) is 5.75 Å². The second-order valence-corrected chi connectivity index (χ2v) is 10.5. The lowest BCUT2D eigenvalue weighted by Gasteiger charge is -2.32. The number of hydrogen-bond acceptors (Lipinski definition) is 5. The third kappa shape index (κ3) is 4.43. The van der Waals surface area contributed by atoms with E-state index in [1.54, 1.807) is 0 Å². The fourth-order valence-electron chi connectivity index (χ4n) is 4.34. The van der Waals surface area contributed by atoms with E-state index >= 15 is 0 Å². The van der Waals surface area contributed by atoms with Gasteiger partial charge in [0.25, 0.3) is 5.91 Å². The lowest BCUT2D eigenvalue weighted by atomic mass is 9.93. The maximum Gasteiger partial charge on any atom is 0.262 e. The van der Waals surface area contributed by atoms with Crippen molar-refractivity contribution in [3.05, 3.63) is 17.2 Å². The molecule has 0 spiro atoms. The summed E-state index contributed by atoms with van der Waals surface area (Å²) in [6, 6.07) is 3.00. The van der Waals surface area contributed by atoms with Crippen LogP contribution in [-0.2, 0) is 19.6 Å². The maximum absolute atomic E-state index is 13.1. The van der Waals surface area contributed by atoms with E-state index in [9.17, 15) is 18.0 Å². The summed E-state index contributed by atoms with van der Waals surface area (Å²) in [5, 5.41) is 5.78. The summed E-state index contributed by atoms with van der Waals surface area (Å²) < 4.78 is 33.0. The van der Waals surface area contributed by atoms with Crippen LogP contribution in [0, 0.1) is 5.92 Å². The van der Waals surface area contributed by atoms with Crippen molar-refractivity contribution < 1.29 is 22.7 Å². The Morgan fingerprint density at radius 2 is 1.83 bits per heavy atom. The van der Waals surface area contributed by atoms with E-state index in [4.69, 9.17) is 16.3 Å². The first kappa shape index (κ1) is 21.4. The number of amides is 2. The van der Waals surface area contributed by atoms with Crippen molar-refractivity contribution in [2.24, 2.45) is 5.92 Å². The highest BCUT2D eigenvalue weighted by molar-refractivity contribution is 7.89. The van der Waals surface area contributed by atoms with Crippen LogP contribution in [0.4, 0.5) is 5.69 Å². The van der Waals surface area contributed by atoms with Gasteiger partial charge in [0.1, 0.15) is 10.6 Å². The number of benzene rings is 1. The monoisotopic (exact) mass is 455 g/mol. The first-order chi connectivity index (χ1) is 14.3. The number of sulfonamides is 1. The van der Waals surface area contributed by atoms with E-state index < -0.39 is 10.0 Å². The van der Waals surface area contributed by atoms with Gasteiger partial charge in [0, 0.05) is 31.1 Å². The molecule has 0 bridgehead atoms. The third-order valence-corrected chi connectivity index (χ3v) is 8.42. The lowest BCUT2D eigenvalue weighted by Crippen LogP contribution is -2.45. The predicted octanol–water partition coefficient (Wildman–Crippen LogP) is 2.52. The molecule has 2 N–H and O–H groups in total. The van der Waals surface area contributed by atoms with Crippen LogP contribution in [-0.4, -0.2) is 50.3 Å². The van der Waals surface area contributed by atoms with E-state index in [-0.39, 0.29) is 59.1 Å². The number of piperidine rings is 1. The molecule has 30 heavy (non-hydrogen) atoms. The second kappa shape index (κ2) is 8.72. The van der Waals surface area contributed by atoms with Crippen molar-refractivity contribution in [1.82, 2.24) is 9.62 Å². The molecule has 0 unspecified atom stereocenters. The van der Waals surface area contributed by atoms with E-state index in [1.165, 1.54) is 22.9 Å². The Morgan fingerprint density at radius 3 is 2.53 bits per heavy atom. The normalized spacial score (nSPS) is 21.4. The van der Waals surface area contributed by atoms with E-state index in [1.807, 2.05) is 0 Å². The number of carbonyl (C=O) groups excluding carboxylic acids is 2. The molecule has 1 aromatic carbocycles. The molecule has 1 saturated heterocycles. The molecule has 10 heteroatoms. The summed E-state index contributed by atoms with van der Waals surface area (Å²) in [4.78, 5) is 24.0. The van der Waals surface area contributed by atoms with Crippen molar-refractivity contribution in [2.45, 2.75) is 55.9 Å². The quantitative estimate of drug-likeness (QED) is 0.725. The minimum atomic E-state index is -3.84. The van der Waals surface area contributed by atoms with Crippen LogP contribution >= 0.6 is 11.6 Å². The zero-order valence-corrected chi connectivity index (χ0v) is 18.2. The number of rotatable bonds is 4. The number of carbonyl (C=O) groups is 2. The molecular weight excluding hydrogens is 430 g/mol. The van der Waals surface area contributed by atoms with Gasteiger partial charge in [0.05, 0.1) is 10.7 Å². The van der Waals surface area contributed by atoms with Gasteiger partial charge in [-0.05, 0) is 31.7 Å². The zero-order valence-electron chi connectivity index (χ0n) is 16.7. The Morgan fingerprint density at radius 1 is 1.13 bits per heavy atom. The molecule has 2 amide bonds. The highest BCUT2D eigenvalue weighted by Crippen LogP contribution is 2.37. The van der Waals surface area contributed by atoms with Crippen LogP contribution in [0.3, 0.4) is 0 Å². The Kier molecular flexibility index (Phi) is 6.22. The lowest BCUT2D eigenvalue weighted by molar-refractivity contribution is -0.127. The second-order valence-electron chi connectivity index (χ2n) is 8.14. The van der Waals surface area contributed by atoms with Gasteiger partial charge >= 0.3 is 0 Å². The van der Waals surface area contributed by atoms with E-state index in [0.29, 0.717) is 18.5 Å². The van der Waals surface area contributed by atoms with Gasteiger partial charge in [-0.3, -0.25) is 9.59 Å². The Balaban J connectivity index is 1.41. The van der Waals surface area contributed by atoms with Gasteiger partial charge in [0.15, 0.2) is 6.61 Å². The minimum Gasteiger partial charge on any atom is -0.482 e. The van der Waals surface area contributed by atoms with Crippen LogP contribution in [0.15, 0.2) is 17.0 Å². The molecule has 164 valence electrons. The fraction of sp³-hybridized carbons (Fsp3) is 0.600. The number of fused-ring (bicyclic) bond motifs is 1. The molecule has 4 rings (SSSR count). The molecule has 3 aliphatic rings. The van der Waals surface area contributed by atoms with Crippen molar-refractivity contribution in [1.29, 1.82) is 0 Å². The Bertz CT molecular complexity index is 938. The molecular formula is C20H26ClN3O5S. The van der Waals surface area contributed by atoms with Crippen molar-refractivity contribution in [3.8, 4) is 5.75 Å². The van der Waals surface area contributed by atoms with Gasteiger partial charge < -0.3 is 15.4 Å². The summed E-state index contributed by atoms with van der Waals surface area (Å²) in [5.41, 5.74) is 0.355. The summed E-state index contributed by atoms with van der Waals surface area (Å²) in [7, 11) is -3.84. The number of nitrogens with zero attached hydrogens (tertiary/aromatic N) is 1. The highest BCUT2D eigenvalue weighted by atomic mass is 35.5. The Hall–Kier alpha value is -1.84. The maximum atomic E-state index is 13.1. The minimum absolute atomic E-state index is 0.0247. The van der Waals surface area contributed by atoms with Gasteiger partial charge in [-0.1, -0.05) is 30.9 Å². The van der Waals surface area contributed by atoms with Crippen molar-refractivity contribution in [2.75, 3.05) is 25.0 Å². The van der Waals surface area contributed by atoms with Crippen LogP contribution < -0.4 is 15.4 Å². The SMILES string of the molecule is O=C1COc2cc(S(=O)(=O)N3CCC(C(=O)NC4CCCCC4)CC3)c(Cl)cc2N1. The standard InChI is InChI=1S/C20H26ClN3O5S/c21-15-10-16-17(29-12-19(25)23-16)11-18(15)30(27,28)24-8-6-13(7-9-24)20(26)22-14-4-2-1-3-5-14/h10-11,13-14H,1-9,12H2,(H,22,26)(H,23,25). The van der Waals surface area contributed by atoms with Gasteiger partial charge in [-0.2, -0.15) is 4.31 Å². The van der Waals surface area contributed by atoms with Crippen molar-refractivity contribution >= 4 is 39.1 Å². The van der Waals surface area contributed by atoms with Crippen LogP contribution in [0.2, 0.25) is 5.02 Å². The topological polar surface area (TPSA) is 105 Å². The number of anilines is 1. The molecule has 0 aromatic heterocycles. The average molecular weight is 456 g/mol. The molecule has 2 fully saturated rings. The zero-order chi connectivity index (χ0) is 21.3. The molecule has 2 aliphatic heterocycles. The number of ether oxygens (including phenoxy) is 1. The number of nitrogens with one attached hydrogen (secondary N) is 2. The molecule has 0 atom stereocenters. The summed E-state index contributed by atoms with van der Waals surface area (Å²) in [6.45, 7) is 0.349. The largest absolute Gasteiger partial charge is 0.482 e. The summed E-state index contributed by atoms with van der Waals surface area (Å²) >= 11 is 6.22. The molecule has 1 aliphatic carbocycles. The molecule has 2 heterocycles. The van der Waals surface area contributed by atoms with Crippen LogP contribution in [0.1, 0.15) is 44.9 Å². The van der Waals surface area contributed by atoms with Gasteiger partial charge in [-0.15, -0.1) is 0 Å². The smallest absolute Gasteiger partial charge is 0.262 e. The van der Waals surface area contributed by atoms with Gasteiger partial charge in [0.2, 0.25) is 15.9 Å².